The van der Waals surface area contributed by atoms with E-state index in [4.69, 9.17) is 9.15 Å². The van der Waals surface area contributed by atoms with Crippen molar-refractivity contribution < 1.29 is 13.5 Å². The van der Waals surface area contributed by atoms with E-state index in [1.807, 2.05) is 26.1 Å². The van der Waals surface area contributed by atoms with Crippen LogP contribution in [0.25, 0.3) is 0 Å². The molecule has 1 aromatic carbocycles. The lowest BCUT2D eigenvalue weighted by molar-refractivity contribution is 0.389. The molecule has 1 unspecified atom stereocenters. The lowest BCUT2D eigenvalue weighted by Crippen LogP contribution is -2.18. The maximum atomic E-state index is 13.6. The van der Waals surface area contributed by atoms with Gasteiger partial charge in [-0.3, -0.25) is 0 Å². The number of rotatable bonds is 5. The molecule has 1 aromatic heterocycles. The molecule has 0 aliphatic carbocycles. The summed E-state index contributed by atoms with van der Waals surface area (Å²) in [5.74, 6) is 1.83. The molecule has 1 atom stereocenters. The van der Waals surface area contributed by atoms with Crippen molar-refractivity contribution in [1.82, 2.24) is 5.32 Å². The number of aryl methyl sites for hydroxylation is 1. The highest BCUT2D eigenvalue weighted by Crippen LogP contribution is 2.34. The van der Waals surface area contributed by atoms with Crippen molar-refractivity contribution in [1.29, 1.82) is 0 Å². The van der Waals surface area contributed by atoms with E-state index >= 15 is 0 Å². The van der Waals surface area contributed by atoms with E-state index in [1.165, 1.54) is 13.2 Å². The minimum absolute atomic E-state index is 0.192. The Kier molecular flexibility index (Phi) is 4.83. The second-order valence-electron chi connectivity index (χ2n) is 4.39. The Hall–Kier alpha value is -1.33. The smallest absolute Gasteiger partial charge is 0.141 e. The van der Waals surface area contributed by atoms with Crippen LogP contribution in [-0.4, -0.2) is 14.2 Å². The molecule has 0 saturated heterocycles. The first-order chi connectivity index (χ1) is 9.60. The summed E-state index contributed by atoms with van der Waals surface area (Å²) in [4.78, 5) is 0. The Balaban J connectivity index is 2.48. The minimum atomic E-state index is -0.353. The molecule has 0 amide bonds. The van der Waals surface area contributed by atoms with Crippen molar-refractivity contribution in [3.63, 3.8) is 0 Å². The van der Waals surface area contributed by atoms with Crippen molar-refractivity contribution in [2.24, 2.45) is 0 Å². The van der Waals surface area contributed by atoms with Gasteiger partial charge in [0.1, 0.15) is 23.1 Å². The van der Waals surface area contributed by atoms with E-state index < -0.39 is 0 Å². The summed E-state index contributed by atoms with van der Waals surface area (Å²) < 4.78 is 25.1. The first kappa shape index (κ1) is 15.1. The van der Waals surface area contributed by atoms with Gasteiger partial charge in [-0.15, -0.1) is 0 Å². The molecule has 1 N–H and O–H groups in total. The largest absolute Gasteiger partial charge is 0.496 e. The van der Waals surface area contributed by atoms with Crippen LogP contribution in [0.5, 0.6) is 5.75 Å². The van der Waals surface area contributed by atoms with Crippen LogP contribution in [0.3, 0.4) is 0 Å². The fourth-order valence-electron chi connectivity index (χ4n) is 2.14. The van der Waals surface area contributed by atoms with Crippen molar-refractivity contribution in [3.05, 3.63) is 51.6 Å². The third kappa shape index (κ3) is 2.88. The topological polar surface area (TPSA) is 34.4 Å². The van der Waals surface area contributed by atoms with E-state index in [2.05, 4.69) is 21.2 Å². The quantitative estimate of drug-likeness (QED) is 0.890. The molecule has 2 aromatic rings. The van der Waals surface area contributed by atoms with Crippen LogP contribution in [0.2, 0.25) is 0 Å². The van der Waals surface area contributed by atoms with Crippen molar-refractivity contribution in [2.75, 3.05) is 14.2 Å². The molecule has 20 heavy (non-hydrogen) atoms. The minimum Gasteiger partial charge on any atom is -0.496 e. The summed E-state index contributed by atoms with van der Waals surface area (Å²) in [7, 11) is 3.36. The third-order valence-electron chi connectivity index (χ3n) is 3.19. The van der Waals surface area contributed by atoms with Crippen LogP contribution in [-0.2, 0) is 6.42 Å². The highest BCUT2D eigenvalue weighted by Gasteiger charge is 2.21. The number of nitrogens with one attached hydrogen (secondary N) is 1. The van der Waals surface area contributed by atoms with E-state index in [9.17, 15) is 4.39 Å². The maximum absolute atomic E-state index is 13.6. The molecule has 0 spiro atoms. The number of furan rings is 1. The number of hydrogen-bond acceptors (Lipinski definition) is 3. The predicted molar refractivity (Wildman–Crippen MR) is 79.6 cm³/mol. The van der Waals surface area contributed by atoms with Crippen LogP contribution in [0.4, 0.5) is 4.39 Å². The number of ether oxygens (including phenoxy) is 1. The SMILES string of the molecule is CCc1ccc(C(NC)c2cc(Br)c(F)cc2OC)o1. The Morgan fingerprint density at radius 2 is 2.15 bits per heavy atom. The Morgan fingerprint density at radius 3 is 2.70 bits per heavy atom. The number of methoxy groups -OCH3 is 1. The highest BCUT2D eigenvalue weighted by molar-refractivity contribution is 9.10. The van der Waals surface area contributed by atoms with E-state index in [1.54, 1.807) is 6.07 Å². The molecule has 0 aliphatic rings. The van der Waals surface area contributed by atoms with Crippen molar-refractivity contribution in [2.45, 2.75) is 19.4 Å². The first-order valence-corrected chi connectivity index (χ1v) is 7.18. The standard InChI is InChI=1S/C15H17BrFNO2/c1-4-9-5-6-13(20-9)15(18-2)10-7-11(16)12(17)8-14(10)19-3/h5-8,15,18H,4H2,1-3H3. The lowest BCUT2D eigenvalue weighted by atomic mass is 10.0. The summed E-state index contributed by atoms with van der Waals surface area (Å²) in [5, 5.41) is 3.18. The first-order valence-electron chi connectivity index (χ1n) is 6.39. The van der Waals surface area contributed by atoms with Crippen LogP contribution < -0.4 is 10.1 Å². The monoisotopic (exact) mass is 341 g/mol. The summed E-state index contributed by atoms with van der Waals surface area (Å²) in [6.07, 6.45) is 0.834. The van der Waals surface area contributed by atoms with Gasteiger partial charge in [0.05, 0.1) is 17.6 Å². The lowest BCUT2D eigenvalue weighted by Gasteiger charge is -2.18. The molecule has 0 bridgehead atoms. The summed E-state index contributed by atoms with van der Waals surface area (Å²) in [5.41, 5.74) is 0.820. The zero-order valence-electron chi connectivity index (χ0n) is 11.7. The van der Waals surface area contributed by atoms with Gasteiger partial charge >= 0.3 is 0 Å². The zero-order valence-corrected chi connectivity index (χ0v) is 13.3. The van der Waals surface area contributed by atoms with Gasteiger partial charge < -0.3 is 14.5 Å². The molecule has 0 saturated carbocycles. The molecule has 3 nitrogen and oxygen atoms in total. The molecule has 108 valence electrons. The second-order valence-corrected chi connectivity index (χ2v) is 5.24. The van der Waals surface area contributed by atoms with Gasteiger partial charge in [0, 0.05) is 18.1 Å². The average molecular weight is 342 g/mol. The molecule has 0 aliphatic heterocycles. The molecular formula is C15H17BrFNO2. The second kappa shape index (κ2) is 6.41. The molecule has 0 radical (unpaired) electrons. The molecule has 2 rings (SSSR count). The van der Waals surface area contributed by atoms with Crippen molar-refractivity contribution in [3.8, 4) is 5.75 Å². The highest BCUT2D eigenvalue weighted by atomic mass is 79.9. The van der Waals surface area contributed by atoms with Gasteiger partial charge in [-0.25, -0.2) is 4.39 Å². The Morgan fingerprint density at radius 1 is 1.40 bits per heavy atom. The Labute approximate surface area is 126 Å². The number of halogens is 2. The molecular weight excluding hydrogens is 325 g/mol. The molecule has 5 heteroatoms. The van der Waals surface area contributed by atoms with Crippen LogP contribution >= 0.6 is 15.9 Å². The van der Waals surface area contributed by atoms with Gasteiger partial charge in [0.25, 0.3) is 0 Å². The predicted octanol–water partition coefficient (Wildman–Crippen LogP) is 4.06. The van der Waals surface area contributed by atoms with E-state index in [0.717, 1.165) is 23.5 Å². The van der Waals surface area contributed by atoms with Gasteiger partial charge in [-0.05, 0) is 41.2 Å². The van der Waals surface area contributed by atoms with Crippen LogP contribution in [0, 0.1) is 5.82 Å². The average Bonchev–Trinajstić information content (AvgIpc) is 2.92. The maximum Gasteiger partial charge on any atom is 0.141 e. The van der Waals surface area contributed by atoms with Crippen LogP contribution in [0.1, 0.15) is 30.0 Å². The third-order valence-corrected chi connectivity index (χ3v) is 3.80. The summed E-state index contributed by atoms with van der Waals surface area (Å²) in [6, 6.07) is 6.76. The summed E-state index contributed by atoms with van der Waals surface area (Å²) >= 11 is 3.21. The fourth-order valence-corrected chi connectivity index (χ4v) is 2.50. The van der Waals surface area contributed by atoms with Gasteiger partial charge in [0.2, 0.25) is 0 Å². The zero-order chi connectivity index (χ0) is 14.7. The molecule has 1 heterocycles. The molecule has 0 fully saturated rings. The van der Waals surface area contributed by atoms with Gasteiger partial charge in [-0.1, -0.05) is 6.92 Å². The summed E-state index contributed by atoms with van der Waals surface area (Å²) in [6.45, 7) is 2.03. The van der Waals surface area contributed by atoms with E-state index in [0.29, 0.717) is 10.2 Å². The van der Waals surface area contributed by atoms with Gasteiger partial charge in [-0.2, -0.15) is 0 Å². The number of hydrogen-bond donors (Lipinski definition) is 1. The van der Waals surface area contributed by atoms with E-state index in [-0.39, 0.29) is 11.9 Å². The fraction of sp³-hybridized carbons (Fsp3) is 0.333. The van der Waals surface area contributed by atoms with Crippen LogP contribution in [0.15, 0.2) is 33.2 Å². The Bertz CT molecular complexity index is 598. The van der Waals surface area contributed by atoms with Gasteiger partial charge in [0.15, 0.2) is 0 Å². The number of benzene rings is 1. The normalized spacial score (nSPS) is 12.4. The van der Waals surface area contributed by atoms with Crippen molar-refractivity contribution >= 4 is 15.9 Å².